The van der Waals surface area contributed by atoms with E-state index < -0.39 is 0 Å². The third-order valence-corrected chi connectivity index (χ3v) is 3.39. The highest BCUT2D eigenvalue weighted by molar-refractivity contribution is 5.68. The van der Waals surface area contributed by atoms with Crippen molar-refractivity contribution >= 4 is 6.09 Å². The van der Waals surface area contributed by atoms with Gasteiger partial charge in [0.15, 0.2) is 0 Å². The van der Waals surface area contributed by atoms with E-state index in [2.05, 4.69) is 6.07 Å². The Balaban J connectivity index is 1.89. The fraction of sp³-hybridized carbons (Fsp3) is 0.467. The normalized spacial score (nSPS) is 18.7. The van der Waals surface area contributed by atoms with E-state index in [1.807, 2.05) is 30.3 Å². The number of hydrogen-bond acceptors (Lipinski definition) is 3. The van der Waals surface area contributed by atoms with Crippen molar-refractivity contribution in [3.63, 3.8) is 0 Å². The number of rotatable bonds is 3. The first-order valence-electron chi connectivity index (χ1n) is 6.65. The van der Waals surface area contributed by atoms with Crippen molar-refractivity contribution < 1.29 is 9.53 Å². The van der Waals surface area contributed by atoms with Gasteiger partial charge in [0.05, 0.1) is 12.5 Å². The summed E-state index contributed by atoms with van der Waals surface area (Å²) in [5, 5.41) is 8.80. The van der Waals surface area contributed by atoms with Gasteiger partial charge < -0.3 is 9.64 Å². The number of carbonyl (C=O) groups excluding carboxylic acids is 1. The molecular formula is C15H18N2O2. The van der Waals surface area contributed by atoms with E-state index in [4.69, 9.17) is 10.00 Å². The molecule has 0 N–H and O–H groups in total. The molecule has 1 aliphatic heterocycles. The SMILES string of the molecule is N#CC[C@H]1CCCCN1C(=O)OCc1ccccc1. The Morgan fingerprint density at radius 1 is 1.37 bits per heavy atom. The summed E-state index contributed by atoms with van der Waals surface area (Å²) < 4.78 is 5.32. The van der Waals surface area contributed by atoms with Crippen molar-refractivity contribution in [1.82, 2.24) is 4.90 Å². The third kappa shape index (κ3) is 3.72. The maximum absolute atomic E-state index is 12.1. The summed E-state index contributed by atoms with van der Waals surface area (Å²) in [6, 6.07) is 11.8. The molecule has 0 radical (unpaired) electrons. The highest BCUT2D eigenvalue weighted by atomic mass is 16.6. The Hall–Kier alpha value is -2.02. The van der Waals surface area contributed by atoms with Crippen LogP contribution in [0.4, 0.5) is 4.79 Å². The Morgan fingerprint density at radius 2 is 2.16 bits per heavy atom. The van der Waals surface area contributed by atoms with Crippen molar-refractivity contribution in [3.8, 4) is 6.07 Å². The average molecular weight is 258 g/mol. The lowest BCUT2D eigenvalue weighted by Gasteiger charge is -2.33. The van der Waals surface area contributed by atoms with Gasteiger partial charge in [0.25, 0.3) is 0 Å². The number of benzene rings is 1. The maximum atomic E-state index is 12.1. The van der Waals surface area contributed by atoms with Gasteiger partial charge in [-0.15, -0.1) is 0 Å². The zero-order chi connectivity index (χ0) is 13.5. The Bertz CT molecular complexity index is 453. The monoisotopic (exact) mass is 258 g/mol. The van der Waals surface area contributed by atoms with E-state index in [0.29, 0.717) is 13.0 Å². The number of hydrogen-bond donors (Lipinski definition) is 0. The number of amides is 1. The van der Waals surface area contributed by atoms with E-state index in [0.717, 1.165) is 24.8 Å². The molecule has 1 fully saturated rings. The highest BCUT2D eigenvalue weighted by Crippen LogP contribution is 2.20. The summed E-state index contributed by atoms with van der Waals surface area (Å²) in [5.74, 6) is 0. The molecule has 1 aliphatic rings. The largest absolute Gasteiger partial charge is 0.445 e. The smallest absolute Gasteiger partial charge is 0.410 e. The second-order valence-electron chi connectivity index (χ2n) is 4.75. The molecule has 1 amide bonds. The predicted molar refractivity (Wildman–Crippen MR) is 71.2 cm³/mol. The zero-order valence-corrected chi connectivity index (χ0v) is 10.9. The first-order valence-corrected chi connectivity index (χ1v) is 6.65. The van der Waals surface area contributed by atoms with Crippen LogP contribution in [0.5, 0.6) is 0 Å². The fourth-order valence-electron chi connectivity index (χ4n) is 2.36. The molecule has 0 aliphatic carbocycles. The zero-order valence-electron chi connectivity index (χ0n) is 10.9. The van der Waals surface area contributed by atoms with Crippen LogP contribution in [0, 0.1) is 11.3 Å². The van der Waals surface area contributed by atoms with Gasteiger partial charge in [-0.2, -0.15) is 5.26 Å². The van der Waals surface area contributed by atoms with Crippen LogP contribution in [0.1, 0.15) is 31.2 Å². The van der Waals surface area contributed by atoms with Crippen molar-refractivity contribution in [3.05, 3.63) is 35.9 Å². The van der Waals surface area contributed by atoms with Gasteiger partial charge in [0.2, 0.25) is 0 Å². The molecular weight excluding hydrogens is 240 g/mol. The molecule has 4 nitrogen and oxygen atoms in total. The molecule has 0 unspecified atom stereocenters. The number of ether oxygens (including phenoxy) is 1. The standard InChI is InChI=1S/C15H18N2O2/c16-10-9-14-8-4-5-11-17(14)15(18)19-12-13-6-2-1-3-7-13/h1-3,6-7,14H,4-5,8-9,11-12H2/t14-/m1/s1. The summed E-state index contributed by atoms with van der Waals surface area (Å²) in [5.41, 5.74) is 0.977. The summed E-state index contributed by atoms with van der Waals surface area (Å²) in [6.45, 7) is 0.982. The van der Waals surface area contributed by atoms with Gasteiger partial charge >= 0.3 is 6.09 Å². The van der Waals surface area contributed by atoms with E-state index in [-0.39, 0.29) is 18.7 Å². The van der Waals surface area contributed by atoms with Crippen LogP contribution in [0.25, 0.3) is 0 Å². The van der Waals surface area contributed by atoms with Gasteiger partial charge in [-0.25, -0.2) is 4.79 Å². The molecule has 1 atom stereocenters. The molecule has 2 rings (SSSR count). The van der Waals surface area contributed by atoms with Gasteiger partial charge in [0.1, 0.15) is 6.61 Å². The third-order valence-electron chi connectivity index (χ3n) is 3.39. The number of nitrogens with zero attached hydrogens (tertiary/aromatic N) is 2. The lowest BCUT2D eigenvalue weighted by molar-refractivity contribution is 0.0691. The van der Waals surface area contributed by atoms with Crippen LogP contribution >= 0.6 is 0 Å². The van der Waals surface area contributed by atoms with Crippen LogP contribution in [-0.2, 0) is 11.3 Å². The summed E-state index contributed by atoms with van der Waals surface area (Å²) in [6.07, 6.45) is 3.05. The highest BCUT2D eigenvalue weighted by Gasteiger charge is 2.27. The lowest BCUT2D eigenvalue weighted by atomic mass is 10.0. The van der Waals surface area contributed by atoms with Crippen LogP contribution in [0.15, 0.2) is 30.3 Å². The van der Waals surface area contributed by atoms with Gasteiger partial charge in [-0.3, -0.25) is 0 Å². The Labute approximate surface area is 113 Å². The molecule has 1 aromatic rings. The van der Waals surface area contributed by atoms with Gasteiger partial charge in [0, 0.05) is 12.6 Å². The maximum Gasteiger partial charge on any atom is 0.410 e. The van der Waals surface area contributed by atoms with Crippen LogP contribution < -0.4 is 0 Å². The minimum absolute atomic E-state index is 0.0158. The molecule has 100 valence electrons. The van der Waals surface area contributed by atoms with E-state index in [1.165, 1.54) is 0 Å². The Kier molecular flexibility index (Phi) is 4.79. The van der Waals surface area contributed by atoms with Crippen LogP contribution in [-0.4, -0.2) is 23.6 Å². The van der Waals surface area contributed by atoms with Crippen molar-refractivity contribution in [2.45, 2.75) is 38.3 Å². The van der Waals surface area contributed by atoms with Gasteiger partial charge in [-0.05, 0) is 24.8 Å². The lowest BCUT2D eigenvalue weighted by Crippen LogP contribution is -2.43. The molecule has 0 aromatic heterocycles. The predicted octanol–water partition coefficient (Wildman–Crippen LogP) is 3.09. The minimum atomic E-state index is -0.302. The van der Waals surface area contributed by atoms with Crippen molar-refractivity contribution in [1.29, 1.82) is 5.26 Å². The minimum Gasteiger partial charge on any atom is -0.445 e. The molecule has 1 saturated heterocycles. The summed E-state index contributed by atoms with van der Waals surface area (Å²) >= 11 is 0. The van der Waals surface area contributed by atoms with Gasteiger partial charge in [-0.1, -0.05) is 30.3 Å². The topological polar surface area (TPSA) is 53.3 Å². The van der Waals surface area contributed by atoms with Crippen molar-refractivity contribution in [2.24, 2.45) is 0 Å². The molecule has 0 saturated carbocycles. The average Bonchev–Trinajstić information content (AvgIpc) is 2.47. The molecule has 1 aromatic carbocycles. The molecule has 1 heterocycles. The van der Waals surface area contributed by atoms with E-state index >= 15 is 0 Å². The number of likely N-dealkylation sites (tertiary alicyclic amines) is 1. The number of piperidine rings is 1. The summed E-state index contributed by atoms with van der Waals surface area (Å²) in [4.78, 5) is 13.8. The second-order valence-corrected chi connectivity index (χ2v) is 4.75. The van der Waals surface area contributed by atoms with E-state index in [1.54, 1.807) is 4.90 Å². The molecule has 4 heteroatoms. The molecule has 0 bridgehead atoms. The van der Waals surface area contributed by atoms with Crippen molar-refractivity contribution in [2.75, 3.05) is 6.54 Å². The molecule has 0 spiro atoms. The van der Waals surface area contributed by atoms with E-state index in [9.17, 15) is 4.79 Å². The summed E-state index contributed by atoms with van der Waals surface area (Å²) in [7, 11) is 0. The number of carbonyl (C=O) groups is 1. The van der Waals surface area contributed by atoms with Crippen LogP contribution in [0.2, 0.25) is 0 Å². The first-order chi connectivity index (χ1) is 9.31. The fourth-order valence-corrected chi connectivity index (χ4v) is 2.36. The number of nitriles is 1. The quantitative estimate of drug-likeness (QED) is 0.837. The van der Waals surface area contributed by atoms with Crippen LogP contribution in [0.3, 0.4) is 0 Å². The Morgan fingerprint density at radius 3 is 2.89 bits per heavy atom. The second kappa shape index (κ2) is 6.79. The molecule has 19 heavy (non-hydrogen) atoms. The first kappa shape index (κ1) is 13.4.